The summed E-state index contributed by atoms with van der Waals surface area (Å²) in [6, 6.07) is 26.0. The summed E-state index contributed by atoms with van der Waals surface area (Å²) in [5.74, 6) is 0. The number of fused-ring (bicyclic) bond motifs is 3. The number of anilines is 2. The molecule has 0 saturated carbocycles. The van der Waals surface area contributed by atoms with Crippen LogP contribution in [0.25, 0.3) is 21.8 Å². The molecule has 0 bridgehead atoms. The van der Waals surface area contributed by atoms with E-state index >= 15 is 0 Å². The predicted molar refractivity (Wildman–Crippen MR) is 104 cm³/mol. The van der Waals surface area contributed by atoms with Crippen molar-refractivity contribution in [3.63, 3.8) is 0 Å². The maximum absolute atomic E-state index is 2.44. The Morgan fingerprint density at radius 3 is 2.25 bits per heavy atom. The maximum atomic E-state index is 2.44. The van der Waals surface area contributed by atoms with Gasteiger partial charge in [-0.1, -0.05) is 43.3 Å². The third-order valence-corrected chi connectivity index (χ3v) is 4.73. The zero-order valence-corrected chi connectivity index (χ0v) is 14.2. The van der Waals surface area contributed by atoms with Crippen LogP contribution in [0.1, 0.15) is 13.3 Å². The van der Waals surface area contributed by atoms with Crippen molar-refractivity contribution in [1.82, 2.24) is 4.57 Å². The lowest BCUT2D eigenvalue weighted by Crippen LogP contribution is -2.08. The van der Waals surface area contributed by atoms with Gasteiger partial charge in [-0.3, -0.25) is 0 Å². The summed E-state index contributed by atoms with van der Waals surface area (Å²) in [6.07, 6.45) is 1.14. The maximum Gasteiger partial charge on any atom is 0.0492 e. The smallest absolute Gasteiger partial charge is 0.0492 e. The van der Waals surface area contributed by atoms with Crippen molar-refractivity contribution in [2.24, 2.45) is 0 Å². The molecule has 0 spiro atoms. The van der Waals surface area contributed by atoms with Gasteiger partial charge in [0.25, 0.3) is 0 Å². The molecule has 0 saturated heterocycles. The van der Waals surface area contributed by atoms with Crippen molar-refractivity contribution >= 4 is 33.2 Å². The van der Waals surface area contributed by atoms with Crippen LogP contribution in [-0.2, 0) is 6.54 Å². The van der Waals surface area contributed by atoms with Crippen LogP contribution in [0.15, 0.2) is 72.8 Å². The molecule has 1 heterocycles. The van der Waals surface area contributed by atoms with E-state index in [2.05, 4.69) is 96.2 Å². The fraction of sp³-hybridized carbons (Fsp3) is 0.182. The minimum atomic E-state index is 1.05. The third-order valence-electron chi connectivity index (χ3n) is 4.73. The van der Waals surface area contributed by atoms with Crippen LogP contribution in [0, 0.1) is 0 Å². The molecule has 0 radical (unpaired) electrons. The average molecular weight is 314 g/mol. The summed E-state index contributed by atoms with van der Waals surface area (Å²) in [6.45, 7) is 3.29. The number of benzene rings is 3. The van der Waals surface area contributed by atoms with Gasteiger partial charge >= 0.3 is 0 Å². The molecule has 0 aliphatic rings. The minimum absolute atomic E-state index is 1.05. The second-order valence-electron chi connectivity index (χ2n) is 6.26. The number of nitrogens with zero attached hydrogens (tertiary/aromatic N) is 2. The van der Waals surface area contributed by atoms with Crippen molar-refractivity contribution in [3.8, 4) is 0 Å². The lowest BCUT2D eigenvalue weighted by molar-refractivity contribution is 0.724. The molecule has 0 unspecified atom stereocenters. The van der Waals surface area contributed by atoms with Crippen LogP contribution < -0.4 is 4.90 Å². The van der Waals surface area contributed by atoms with E-state index in [4.69, 9.17) is 0 Å². The predicted octanol–water partition coefficient (Wildman–Crippen LogP) is 5.97. The fourth-order valence-corrected chi connectivity index (χ4v) is 3.52. The topological polar surface area (TPSA) is 8.17 Å². The van der Waals surface area contributed by atoms with Gasteiger partial charge in [0.05, 0.1) is 0 Å². The third kappa shape index (κ3) is 2.35. The highest BCUT2D eigenvalue weighted by Gasteiger charge is 2.12. The second-order valence-corrected chi connectivity index (χ2v) is 6.26. The van der Waals surface area contributed by atoms with Gasteiger partial charge in [-0.05, 0) is 42.8 Å². The summed E-state index contributed by atoms with van der Waals surface area (Å²) in [5.41, 5.74) is 5.07. The van der Waals surface area contributed by atoms with Crippen LogP contribution in [0.4, 0.5) is 11.4 Å². The molecule has 2 nitrogen and oxygen atoms in total. The van der Waals surface area contributed by atoms with Gasteiger partial charge in [-0.25, -0.2) is 0 Å². The summed E-state index contributed by atoms with van der Waals surface area (Å²) in [7, 11) is 2.13. The number of hydrogen-bond donors (Lipinski definition) is 0. The Hall–Kier alpha value is -2.74. The summed E-state index contributed by atoms with van der Waals surface area (Å²) in [5, 5.41) is 2.67. The monoisotopic (exact) mass is 314 g/mol. The van der Waals surface area contributed by atoms with E-state index in [1.807, 2.05) is 0 Å². The number of rotatable bonds is 4. The summed E-state index contributed by atoms with van der Waals surface area (Å²) >= 11 is 0. The van der Waals surface area contributed by atoms with Gasteiger partial charge in [0.15, 0.2) is 0 Å². The molecule has 0 N–H and O–H groups in total. The molecule has 0 aliphatic carbocycles. The quantitative estimate of drug-likeness (QED) is 0.450. The molecular weight excluding hydrogens is 292 g/mol. The number of aryl methyl sites for hydroxylation is 1. The Morgan fingerprint density at radius 1 is 0.750 bits per heavy atom. The van der Waals surface area contributed by atoms with E-state index in [-0.39, 0.29) is 0 Å². The molecular formula is C22H22N2. The molecule has 0 fully saturated rings. The normalized spacial score (nSPS) is 11.2. The van der Waals surface area contributed by atoms with Crippen molar-refractivity contribution in [2.45, 2.75) is 19.9 Å². The van der Waals surface area contributed by atoms with Gasteiger partial charge in [-0.2, -0.15) is 0 Å². The molecule has 1 aromatic heterocycles. The molecule has 24 heavy (non-hydrogen) atoms. The molecule has 120 valence electrons. The summed E-state index contributed by atoms with van der Waals surface area (Å²) < 4.78 is 2.44. The largest absolute Gasteiger partial charge is 0.345 e. The molecule has 2 heteroatoms. The first-order chi connectivity index (χ1) is 11.8. The first-order valence-corrected chi connectivity index (χ1v) is 8.59. The van der Waals surface area contributed by atoms with Crippen LogP contribution in [0.3, 0.4) is 0 Å². The van der Waals surface area contributed by atoms with E-state index in [9.17, 15) is 0 Å². The van der Waals surface area contributed by atoms with Crippen molar-refractivity contribution in [2.75, 3.05) is 11.9 Å². The highest BCUT2D eigenvalue weighted by Crippen LogP contribution is 2.33. The highest BCUT2D eigenvalue weighted by molar-refractivity contribution is 6.09. The lowest BCUT2D eigenvalue weighted by Gasteiger charge is -2.19. The van der Waals surface area contributed by atoms with E-state index < -0.39 is 0 Å². The average Bonchev–Trinajstić information content (AvgIpc) is 2.96. The zero-order chi connectivity index (χ0) is 16.5. The molecule has 4 rings (SSSR count). The van der Waals surface area contributed by atoms with Gasteiger partial charge in [-0.15, -0.1) is 0 Å². The molecule has 0 aliphatic heterocycles. The summed E-state index contributed by atoms with van der Waals surface area (Å²) in [4.78, 5) is 2.24. The van der Waals surface area contributed by atoms with E-state index in [1.165, 1.54) is 33.2 Å². The van der Waals surface area contributed by atoms with Gasteiger partial charge < -0.3 is 9.47 Å². The van der Waals surface area contributed by atoms with Gasteiger partial charge in [0.2, 0.25) is 0 Å². The van der Waals surface area contributed by atoms with E-state index in [0.29, 0.717) is 0 Å². The number of para-hydroxylation sites is 2. The number of hydrogen-bond acceptors (Lipinski definition) is 1. The molecule has 3 aromatic carbocycles. The SMILES string of the molecule is CCCn1c2ccccc2c2cc(N(C)c3ccccc3)ccc21. The first kappa shape index (κ1) is 14.8. The second kappa shape index (κ2) is 6.04. The Morgan fingerprint density at radius 2 is 1.46 bits per heavy atom. The van der Waals surface area contributed by atoms with E-state index in [0.717, 1.165) is 13.0 Å². The molecule has 0 atom stereocenters. The first-order valence-electron chi connectivity index (χ1n) is 8.59. The van der Waals surface area contributed by atoms with Crippen LogP contribution in [0.5, 0.6) is 0 Å². The standard InChI is InChI=1S/C22H22N2/c1-3-15-24-21-12-8-7-11-19(21)20-16-18(13-14-22(20)24)23(2)17-9-5-4-6-10-17/h4-14,16H,3,15H2,1-2H3. The Balaban J connectivity index is 1.91. The zero-order valence-electron chi connectivity index (χ0n) is 14.2. The van der Waals surface area contributed by atoms with Crippen LogP contribution >= 0.6 is 0 Å². The highest BCUT2D eigenvalue weighted by atomic mass is 15.1. The Bertz CT molecular complexity index is 983. The van der Waals surface area contributed by atoms with Gasteiger partial charge in [0, 0.05) is 46.8 Å². The van der Waals surface area contributed by atoms with Crippen molar-refractivity contribution < 1.29 is 0 Å². The minimum Gasteiger partial charge on any atom is -0.345 e. The molecule has 4 aromatic rings. The fourth-order valence-electron chi connectivity index (χ4n) is 3.52. The molecule has 0 amide bonds. The Labute approximate surface area is 142 Å². The van der Waals surface area contributed by atoms with Gasteiger partial charge in [0.1, 0.15) is 0 Å². The van der Waals surface area contributed by atoms with Crippen molar-refractivity contribution in [3.05, 3.63) is 72.8 Å². The lowest BCUT2D eigenvalue weighted by atomic mass is 10.1. The van der Waals surface area contributed by atoms with Crippen LogP contribution in [0.2, 0.25) is 0 Å². The van der Waals surface area contributed by atoms with E-state index in [1.54, 1.807) is 0 Å². The number of aromatic nitrogens is 1. The Kier molecular flexibility index (Phi) is 3.73. The van der Waals surface area contributed by atoms with Crippen molar-refractivity contribution in [1.29, 1.82) is 0 Å². The van der Waals surface area contributed by atoms with Crippen LogP contribution in [-0.4, -0.2) is 11.6 Å².